The van der Waals surface area contributed by atoms with Crippen LogP contribution in [0.15, 0.2) is 0 Å². The SMILES string of the molecule is CCn1nc(C)c([N+](=O)[O-])c1NCC1COC(C)(C)O1. The highest BCUT2D eigenvalue weighted by atomic mass is 16.7. The van der Waals surface area contributed by atoms with Gasteiger partial charge < -0.3 is 14.8 Å². The van der Waals surface area contributed by atoms with Crippen molar-refractivity contribution in [2.75, 3.05) is 18.5 Å². The third-order valence-corrected chi connectivity index (χ3v) is 3.14. The van der Waals surface area contributed by atoms with Crippen LogP contribution in [0, 0.1) is 17.0 Å². The minimum Gasteiger partial charge on any atom is -0.362 e. The standard InChI is InChI=1S/C12H20N4O4/c1-5-15-11(10(16(17)18)8(2)14-15)13-6-9-7-19-12(3,4)20-9/h9,13H,5-7H2,1-4H3. The lowest BCUT2D eigenvalue weighted by Crippen LogP contribution is -2.26. The Morgan fingerprint density at radius 1 is 1.60 bits per heavy atom. The molecule has 1 atom stereocenters. The molecule has 1 saturated heterocycles. The minimum atomic E-state index is -0.598. The van der Waals surface area contributed by atoms with Crippen molar-refractivity contribution < 1.29 is 14.4 Å². The van der Waals surface area contributed by atoms with Gasteiger partial charge >= 0.3 is 5.69 Å². The quantitative estimate of drug-likeness (QED) is 0.653. The number of ether oxygens (including phenoxy) is 2. The van der Waals surface area contributed by atoms with E-state index in [4.69, 9.17) is 9.47 Å². The maximum absolute atomic E-state index is 11.1. The molecule has 1 aromatic heterocycles. The third kappa shape index (κ3) is 2.91. The number of rotatable bonds is 5. The van der Waals surface area contributed by atoms with Crippen molar-refractivity contribution in [2.24, 2.45) is 0 Å². The molecule has 0 aliphatic carbocycles. The molecule has 112 valence electrons. The third-order valence-electron chi connectivity index (χ3n) is 3.14. The first-order valence-corrected chi connectivity index (χ1v) is 6.61. The molecule has 8 heteroatoms. The van der Waals surface area contributed by atoms with Gasteiger partial charge in [0, 0.05) is 13.1 Å². The van der Waals surface area contributed by atoms with E-state index in [0.717, 1.165) is 0 Å². The normalized spacial score (nSPS) is 21.1. The summed E-state index contributed by atoms with van der Waals surface area (Å²) < 4.78 is 12.7. The van der Waals surface area contributed by atoms with Crippen molar-refractivity contribution in [3.8, 4) is 0 Å². The maximum atomic E-state index is 11.1. The number of nitro groups is 1. The molecule has 2 heterocycles. The minimum absolute atomic E-state index is 0.0185. The van der Waals surface area contributed by atoms with Crippen molar-refractivity contribution in [2.45, 2.75) is 46.1 Å². The van der Waals surface area contributed by atoms with Crippen LogP contribution in [0.5, 0.6) is 0 Å². The van der Waals surface area contributed by atoms with Gasteiger partial charge in [0.25, 0.3) is 0 Å². The monoisotopic (exact) mass is 284 g/mol. The summed E-state index contributed by atoms with van der Waals surface area (Å²) in [5, 5.41) is 18.4. The molecule has 1 aliphatic rings. The lowest BCUT2D eigenvalue weighted by atomic mass is 10.3. The number of hydrogen-bond acceptors (Lipinski definition) is 6. The summed E-state index contributed by atoms with van der Waals surface area (Å²) in [6.07, 6.45) is -0.134. The number of aryl methyl sites for hydroxylation is 2. The van der Waals surface area contributed by atoms with Crippen molar-refractivity contribution in [1.82, 2.24) is 9.78 Å². The molecule has 0 aromatic carbocycles. The Labute approximate surface area is 117 Å². The van der Waals surface area contributed by atoms with E-state index in [2.05, 4.69) is 10.4 Å². The van der Waals surface area contributed by atoms with Crippen LogP contribution in [0.25, 0.3) is 0 Å². The zero-order valence-corrected chi connectivity index (χ0v) is 12.2. The lowest BCUT2D eigenvalue weighted by Gasteiger charge is -2.17. The largest absolute Gasteiger partial charge is 0.362 e. The van der Waals surface area contributed by atoms with E-state index in [1.54, 1.807) is 11.6 Å². The van der Waals surface area contributed by atoms with Gasteiger partial charge in [0.05, 0.1) is 11.5 Å². The van der Waals surface area contributed by atoms with E-state index >= 15 is 0 Å². The molecule has 1 aromatic rings. The Morgan fingerprint density at radius 3 is 2.80 bits per heavy atom. The van der Waals surface area contributed by atoms with Crippen molar-refractivity contribution >= 4 is 11.5 Å². The molecule has 1 N–H and O–H groups in total. The number of anilines is 1. The molecule has 8 nitrogen and oxygen atoms in total. The Kier molecular flexibility index (Phi) is 3.96. The van der Waals surface area contributed by atoms with Gasteiger partial charge in [-0.3, -0.25) is 10.1 Å². The zero-order chi connectivity index (χ0) is 14.9. The fraction of sp³-hybridized carbons (Fsp3) is 0.750. The average molecular weight is 284 g/mol. The van der Waals surface area contributed by atoms with Crippen LogP contribution in [0.2, 0.25) is 0 Å². The van der Waals surface area contributed by atoms with Crippen LogP contribution < -0.4 is 5.32 Å². The predicted molar refractivity (Wildman–Crippen MR) is 72.7 cm³/mol. The van der Waals surface area contributed by atoms with Crippen LogP contribution in [0.4, 0.5) is 11.5 Å². The molecule has 1 unspecified atom stereocenters. The first kappa shape index (κ1) is 14.7. The number of nitrogens with zero attached hydrogens (tertiary/aromatic N) is 3. The van der Waals surface area contributed by atoms with Crippen molar-refractivity contribution in [1.29, 1.82) is 0 Å². The highest BCUT2D eigenvalue weighted by Gasteiger charge is 2.33. The van der Waals surface area contributed by atoms with Gasteiger partial charge in [-0.2, -0.15) is 5.10 Å². The molecule has 0 spiro atoms. The van der Waals surface area contributed by atoms with Gasteiger partial charge in [-0.15, -0.1) is 0 Å². The molecule has 1 aliphatic heterocycles. The summed E-state index contributed by atoms with van der Waals surface area (Å²) in [5.74, 6) is -0.178. The first-order chi connectivity index (χ1) is 9.34. The summed E-state index contributed by atoms with van der Waals surface area (Å²) in [5.41, 5.74) is 0.424. The van der Waals surface area contributed by atoms with Crippen LogP contribution in [0.1, 0.15) is 26.5 Å². The topological polar surface area (TPSA) is 91.5 Å². The van der Waals surface area contributed by atoms with E-state index in [1.807, 2.05) is 20.8 Å². The molecule has 0 amide bonds. The highest BCUT2D eigenvalue weighted by molar-refractivity contribution is 5.59. The molecule has 0 saturated carbocycles. The van der Waals surface area contributed by atoms with Gasteiger partial charge in [-0.1, -0.05) is 0 Å². The van der Waals surface area contributed by atoms with Gasteiger partial charge in [0.1, 0.15) is 11.8 Å². The summed E-state index contributed by atoms with van der Waals surface area (Å²) in [4.78, 5) is 10.7. The first-order valence-electron chi connectivity index (χ1n) is 6.61. The van der Waals surface area contributed by atoms with E-state index < -0.39 is 10.7 Å². The van der Waals surface area contributed by atoms with Crippen molar-refractivity contribution in [3.05, 3.63) is 15.8 Å². The van der Waals surface area contributed by atoms with Crippen LogP contribution in [-0.4, -0.2) is 39.7 Å². The zero-order valence-electron chi connectivity index (χ0n) is 12.2. The second-order valence-electron chi connectivity index (χ2n) is 5.19. The smallest absolute Gasteiger partial charge is 0.333 e. The molecule has 20 heavy (non-hydrogen) atoms. The number of aromatic nitrogens is 2. The van der Waals surface area contributed by atoms with Gasteiger partial charge in [-0.05, 0) is 27.7 Å². The molecular weight excluding hydrogens is 264 g/mol. The summed E-state index contributed by atoms with van der Waals surface area (Å²) in [7, 11) is 0. The average Bonchev–Trinajstić information content (AvgIpc) is 2.86. The molecule has 1 fully saturated rings. The van der Waals surface area contributed by atoms with Crippen LogP contribution >= 0.6 is 0 Å². The number of hydrogen-bond donors (Lipinski definition) is 1. The van der Waals surface area contributed by atoms with E-state index in [-0.39, 0.29) is 11.8 Å². The molecule has 2 rings (SSSR count). The van der Waals surface area contributed by atoms with Gasteiger partial charge in [0.2, 0.25) is 5.82 Å². The van der Waals surface area contributed by atoms with Crippen LogP contribution in [-0.2, 0) is 16.0 Å². The van der Waals surface area contributed by atoms with Gasteiger partial charge in [-0.25, -0.2) is 4.68 Å². The fourth-order valence-electron chi connectivity index (χ4n) is 2.27. The lowest BCUT2D eigenvalue weighted by molar-refractivity contribution is -0.384. The molecular formula is C12H20N4O4. The van der Waals surface area contributed by atoms with Crippen LogP contribution in [0.3, 0.4) is 0 Å². The Bertz CT molecular complexity index is 512. The van der Waals surface area contributed by atoms with E-state index in [0.29, 0.717) is 31.2 Å². The van der Waals surface area contributed by atoms with E-state index in [9.17, 15) is 10.1 Å². The Balaban J connectivity index is 2.11. The second kappa shape index (κ2) is 5.37. The second-order valence-corrected chi connectivity index (χ2v) is 5.19. The van der Waals surface area contributed by atoms with E-state index in [1.165, 1.54) is 0 Å². The Hall–Kier alpha value is -1.67. The highest BCUT2D eigenvalue weighted by Crippen LogP contribution is 2.29. The maximum Gasteiger partial charge on any atom is 0.333 e. The summed E-state index contributed by atoms with van der Waals surface area (Å²) in [6, 6.07) is 0. The molecule has 0 bridgehead atoms. The number of nitrogens with one attached hydrogen (secondary N) is 1. The summed E-state index contributed by atoms with van der Waals surface area (Å²) >= 11 is 0. The predicted octanol–water partition coefficient (Wildman–Crippen LogP) is 1.68. The van der Waals surface area contributed by atoms with Crippen molar-refractivity contribution in [3.63, 3.8) is 0 Å². The molecule has 0 radical (unpaired) electrons. The fourth-order valence-corrected chi connectivity index (χ4v) is 2.27. The Morgan fingerprint density at radius 2 is 2.30 bits per heavy atom. The summed E-state index contributed by atoms with van der Waals surface area (Å²) in [6.45, 7) is 8.67. The van der Waals surface area contributed by atoms with Gasteiger partial charge in [0.15, 0.2) is 5.79 Å².